The largest absolute Gasteiger partial charge is 0.474 e. The Morgan fingerprint density at radius 1 is 1.24 bits per heavy atom. The van der Waals surface area contributed by atoms with E-state index in [1.807, 2.05) is 18.2 Å². The SMILES string of the molecule is N#CCC(=O)NC1CCC(Oc2nc(N3CCOCC3)cc3ccccc23)CC1. The minimum atomic E-state index is -0.192. The van der Waals surface area contributed by atoms with Crippen LogP contribution < -0.4 is 15.0 Å². The van der Waals surface area contributed by atoms with Gasteiger partial charge in [-0.15, -0.1) is 0 Å². The number of carbonyl (C=O) groups excluding carboxylic acids is 1. The van der Waals surface area contributed by atoms with Crippen LogP contribution in [0, 0.1) is 11.3 Å². The van der Waals surface area contributed by atoms with Crippen LogP contribution in [0.15, 0.2) is 30.3 Å². The number of nitriles is 1. The van der Waals surface area contributed by atoms with Crippen molar-refractivity contribution < 1.29 is 14.3 Å². The number of nitrogens with one attached hydrogen (secondary N) is 1. The van der Waals surface area contributed by atoms with Gasteiger partial charge >= 0.3 is 0 Å². The van der Waals surface area contributed by atoms with E-state index >= 15 is 0 Å². The Balaban J connectivity index is 1.46. The lowest BCUT2D eigenvalue weighted by Gasteiger charge is -2.31. The second-order valence-electron chi connectivity index (χ2n) is 7.60. The van der Waals surface area contributed by atoms with E-state index in [1.165, 1.54) is 0 Å². The smallest absolute Gasteiger partial charge is 0.234 e. The molecule has 1 aliphatic heterocycles. The van der Waals surface area contributed by atoms with Gasteiger partial charge in [0.1, 0.15) is 18.3 Å². The molecule has 1 aromatic heterocycles. The van der Waals surface area contributed by atoms with E-state index in [-0.39, 0.29) is 24.5 Å². The molecule has 1 saturated carbocycles. The Bertz CT molecular complexity index is 897. The van der Waals surface area contributed by atoms with Crippen molar-refractivity contribution in [1.29, 1.82) is 5.26 Å². The summed E-state index contributed by atoms with van der Waals surface area (Å²) in [6.07, 6.45) is 3.41. The van der Waals surface area contributed by atoms with E-state index in [2.05, 4.69) is 28.4 Å². The number of morpholine rings is 1. The van der Waals surface area contributed by atoms with Crippen LogP contribution in [0.3, 0.4) is 0 Å². The van der Waals surface area contributed by atoms with Gasteiger partial charge in [-0.2, -0.15) is 10.2 Å². The van der Waals surface area contributed by atoms with Gasteiger partial charge < -0.3 is 19.7 Å². The van der Waals surface area contributed by atoms with Gasteiger partial charge in [0.25, 0.3) is 0 Å². The highest BCUT2D eigenvalue weighted by molar-refractivity contribution is 5.89. The molecule has 1 aromatic carbocycles. The van der Waals surface area contributed by atoms with E-state index in [0.717, 1.165) is 55.4 Å². The lowest BCUT2D eigenvalue weighted by Crippen LogP contribution is -2.39. The Morgan fingerprint density at radius 3 is 2.76 bits per heavy atom. The van der Waals surface area contributed by atoms with Crippen molar-refractivity contribution in [2.24, 2.45) is 0 Å². The second kappa shape index (κ2) is 9.10. The van der Waals surface area contributed by atoms with Crippen LogP contribution in [0.4, 0.5) is 5.82 Å². The molecule has 29 heavy (non-hydrogen) atoms. The van der Waals surface area contributed by atoms with Gasteiger partial charge in [-0.05, 0) is 43.2 Å². The highest BCUT2D eigenvalue weighted by atomic mass is 16.5. The average molecular weight is 394 g/mol. The number of amides is 1. The molecule has 2 aliphatic rings. The maximum absolute atomic E-state index is 11.6. The van der Waals surface area contributed by atoms with E-state index in [9.17, 15) is 4.79 Å². The van der Waals surface area contributed by atoms with Gasteiger partial charge in [0.15, 0.2) is 0 Å². The Hall–Kier alpha value is -2.85. The fraction of sp³-hybridized carbons (Fsp3) is 0.500. The molecule has 1 saturated heterocycles. The molecular formula is C22H26N4O3. The predicted octanol–water partition coefficient (Wildman–Crippen LogP) is 2.79. The lowest BCUT2D eigenvalue weighted by atomic mass is 9.93. The van der Waals surface area contributed by atoms with Crippen LogP contribution in [0.25, 0.3) is 10.8 Å². The normalized spacial score (nSPS) is 22.1. The number of nitrogens with zero attached hydrogens (tertiary/aromatic N) is 3. The zero-order valence-corrected chi connectivity index (χ0v) is 16.5. The van der Waals surface area contributed by atoms with Crippen LogP contribution in [-0.2, 0) is 9.53 Å². The quantitative estimate of drug-likeness (QED) is 0.839. The van der Waals surface area contributed by atoms with Crippen molar-refractivity contribution >= 4 is 22.5 Å². The molecule has 0 unspecified atom stereocenters. The van der Waals surface area contributed by atoms with Crippen molar-refractivity contribution in [3.8, 4) is 11.9 Å². The Kier molecular flexibility index (Phi) is 6.11. The molecule has 1 N–H and O–H groups in total. The minimum absolute atomic E-state index is 0.0787. The van der Waals surface area contributed by atoms with Crippen LogP contribution in [0.1, 0.15) is 32.1 Å². The molecule has 7 heteroatoms. The molecular weight excluding hydrogens is 368 g/mol. The number of benzene rings is 1. The molecule has 7 nitrogen and oxygen atoms in total. The van der Waals surface area contributed by atoms with Crippen LogP contribution in [0.2, 0.25) is 0 Å². The minimum Gasteiger partial charge on any atom is -0.474 e. The molecule has 0 atom stereocenters. The van der Waals surface area contributed by atoms with Gasteiger partial charge in [-0.25, -0.2) is 0 Å². The van der Waals surface area contributed by atoms with Gasteiger partial charge in [-0.1, -0.05) is 18.2 Å². The standard InChI is InChI=1S/C22H26N4O3/c23-10-9-21(27)24-17-5-7-18(8-6-17)29-22-19-4-2-1-3-16(19)15-20(25-22)26-11-13-28-14-12-26/h1-4,15,17-18H,5-9,11-14H2,(H,24,27). The maximum atomic E-state index is 11.6. The summed E-state index contributed by atoms with van der Waals surface area (Å²) in [7, 11) is 0. The van der Waals surface area contributed by atoms with Crippen molar-refractivity contribution in [2.45, 2.75) is 44.2 Å². The fourth-order valence-corrected chi connectivity index (χ4v) is 4.03. The number of anilines is 1. The highest BCUT2D eigenvalue weighted by Gasteiger charge is 2.25. The number of rotatable bonds is 5. The third-order valence-electron chi connectivity index (χ3n) is 5.58. The molecule has 0 radical (unpaired) electrons. The molecule has 2 fully saturated rings. The van der Waals surface area contributed by atoms with Crippen molar-refractivity contribution in [3.63, 3.8) is 0 Å². The zero-order valence-electron chi connectivity index (χ0n) is 16.5. The van der Waals surface area contributed by atoms with E-state index in [4.69, 9.17) is 19.7 Å². The first kappa shape index (κ1) is 19.5. The second-order valence-corrected chi connectivity index (χ2v) is 7.60. The lowest BCUT2D eigenvalue weighted by molar-refractivity contribution is -0.121. The number of carbonyl (C=O) groups is 1. The summed E-state index contributed by atoms with van der Waals surface area (Å²) in [5, 5.41) is 13.7. The van der Waals surface area contributed by atoms with E-state index in [1.54, 1.807) is 0 Å². The summed E-state index contributed by atoms with van der Waals surface area (Å²) in [5.41, 5.74) is 0. The summed E-state index contributed by atoms with van der Waals surface area (Å²) in [5.74, 6) is 1.42. The number of pyridine rings is 1. The summed E-state index contributed by atoms with van der Waals surface area (Å²) < 4.78 is 11.8. The number of aromatic nitrogens is 1. The molecule has 2 heterocycles. The van der Waals surface area contributed by atoms with Crippen LogP contribution in [0.5, 0.6) is 5.88 Å². The van der Waals surface area contributed by atoms with Crippen molar-refractivity contribution in [1.82, 2.24) is 10.3 Å². The molecule has 0 bridgehead atoms. The monoisotopic (exact) mass is 394 g/mol. The molecule has 0 spiro atoms. The highest BCUT2D eigenvalue weighted by Crippen LogP contribution is 2.31. The molecule has 1 aliphatic carbocycles. The van der Waals surface area contributed by atoms with Crippen molar-refractivity contribution in [3.05, 3.63) is 30.3 Å². The predicted molar refractivity (Wildman–Crippen MR) is 110 cm³/mol. The van der Waals surface area contributed by atoms with Gasteiger partial charge in [-0.3, -0.25) is 4.79 Å². The molecule has 1 amide bonds. The third kappa shape index (κ3) is 4.77. The number of fused-ring (bicyclic) bond motifs is 1. The summed E-state index contributed by atoms with van der Waals surface area (Å²) in [6, 6.07) is 12.3. The van der Waals surface area contributed by atoms with Gasteiger partial charge in [0, 0.05) is 24.5 Å². The number of ether oxygens (including phenoxy) is 2. The van der Waals surface area contributed by atoms with Crippen LogP contribution in [-0.4, -0.2) is 49.3 Å². The first-order valence-corrected chi connectivity index (χ1v) is 10.3. The maximum Gasteiger partial charge on any atom is 0.234 e. The summed E-state index contributed by atoms with van der Waals surface area (Å²) in [4.78, 5) is 18.7. The number of hydrogen-bond donors (Lipinski definition) is 1. The summed E-state index contributed by atoms with van der Waals surface area (Å²) >= 11 is 0. The van der Waals surface area contributed by atoms with Crippen molar-refractivity contribution in [2.75, 3.05) is 31.2 Å². The molecule has 152 valence electrons. The number of hydrogen-bond acceptors (Lipinski definition) is 6. The first-order valence-electron chi connectivity index (χ1n) is 10.3. The Labute approximate surface area is 170 Å². The van der Waals surface area contributed by atoms with Crippen LogP contribution >= 0.6 is 0 Å². The zero-order chi connectivity index (χ0) is 20.1. The molecule has 4 rings (SSSR count). The van der Waals surface area contributed by atoms with Gasteiger partial charge in [0.2, 0.25) is 11.8 Å². The third-order valence-corrected chi connectivity index (χ3v) is 5.58. The van der Waals surface area contributed by atoms with E-state index < -0.39 is 0 Å². The fourth-order valence-electron chi connectivity index (χ4n) is 4.03. The summed E-state index contributed by atoms with van der Waals surface area (Å²) in [6.45, 7) is 3.09. The first-order chi connectivity index (χ1) is 14.2. The average Bonchev–Trinajstić information content (AvgIpc) is 2.76. The Morgan fingerprint density at radius 2 is 2.00 bits per heavy atom. The topological polar surface area (TPSA) is 87.5 Å². The van der Waals surface area contributed by atoms with Gasteiger partial charge in [0.05, 0.1) is 19.3 Å². The van der Waals surface area contributed by atoms with E-state index in [0.29, 0.717) is 19.1 Å². The molecule has 2 aromatic rings.